The van der Waals surface area contributed by atoms with E-state index in [1.807, 2.05) is 0 Å². The smallest absolute Gasteiger partial charge is 0.0242 e. The normalized spacial score (nSPS) is 19.4. The van der Waals surface area contributed by atoms with Gasteiger partial charge in [-0.3, -0.25) is 4.90 Å². The van der Waals surface area contributed by atoms with Crippen molar-refractivity contribution in [3.8, 4) is 0 Å². The Morgan fingerprint density at radius 2 is 1.89 bits per heavy atom. The van der Waals surface area contributed by atoms with Gasteiger partial charge >= 0.3 is 0 Å². The van der Waals surface area contributed by atoms with E-state index in [0.717, 1.165) is 18.9 Å². The Kier molecular flexibility index (Phi) is 6.78. The van der Waals surface area contributed by atoms with Crippen LogP contribution >= 0.6 is 0 Å². The van der Waals surface area contributed by atoms with Crippen LogP contribution in [-0.2, 0) is 6.54 Å². The van der Waals surface area contributed by atoms with Gasteiger partial charge in [0.05, 0.1) is 0 Å². The number of rotatable bonds is 7. The third-order valence-electron chi connectivity index (χ3n) is 6.88. The van der Waals surface area contributed by atoms with Crippen molar-refractivity contribution in [2.45, 2.75) is 71.9 Å². The van der Waals surface area contributed by atoms with Crippen molar-refractivity contribution >= 4 is 10.8 Å². The Hall–Kier alpha value is -1.86. The summed E-state index contributed by atoms with van der Waals surface area (Å²) < 4.78 is 0. The molecular weight excluding hydrogens is 338 g/mol. The zero-order valence-electron chi connectivity index (χ0n) is 18.5. The van der Waals surface area contributed by atoms with Crippen LogP contribution in [0.4, 0.5) is 0 Å². The van der Waals surface area contributed by atoms with E-state index >= 15 is 0 Å². The molecule has 0 saturated heterocycles. The topological polar surface area (TPSA) is 3.24 Å². The van der Waals surface area contributed by atoms with Crippen molar-refractivity contribution in [2.75, 3.05) is 7.05 Å². The fraction of sp³-hybridized carbons (Fsp3) is 0.481. The standard InChI is InChI=1S/C27H37N/c1-21(2)10-9-19-27(4,25-17-15-22(3)16-18-25)28(5)20-24-13-8-12-23-11-6-7-14-26(23)24/h6-8,10-15,25H,9,16-20H2,1-5H3/t25-,27-/m0/s1. The van der Waals surface area contributed by atoms with Gasteiger partial charge in [0.2, 0.25) is 0 Å². The molecule has 2 aromatic carbocycles. The molecule has 0 aliphatic heterocycles. The lowest BCUT2D eigenvalue weighted by Gasteiger charge is -2.46. The number of hydrogen-bond acceptors (Lipinski definition) is 1. The molecule has 150 valence electrons. The molecule has 0 saturated carbocycles. The largest absolute Gasteiger partial charge is 0.296 e. The van der Waals surface area contributed by atoms with Crippen LogP contribution < -0.4 is 0 Å². The summed E-state index contributed by atoms with van der Waals surface area (Å²) in [6, 6.07) is 15.5. The van der Waals surface area contributed by atoms with Crippen LogP contribution in [0.5, 0.6) is 0 Å². The van der Waals surface area contributed by atoms with Crippen LogP contribution in [0.25, 0.3) is 10.8 Å². The molecule has 0 spiro atoms. The Morgan fingerprint density at radius 3 is 2.61 bits per heavy atom. The minimum Gasteiger partial charge on any atom is -0.296 e. The van der Waals surface area contributed by atoms with Crippen molar-refractivity contribution < 1.29 is 0 Å². The molecule has 0 bridgehead atoms. The lowest BCUT2D eigenvalue weighted by Crippen LogP contribution is -2.49. The quantitative estimate of drug-likeness (QED) is 0.452. The van der Waals surface area contributed by atoms with Gasteiger partial charge in [0, 0.05) is 12.1 Å². The number of benzene rings is 2. The van der Waals surface area contributed by atoms with Gasteiger partial charge in [0.25, 0.3) is 0 Å². The van der Waals surface area contributed by atoms with E-state index in [-0.39, 0.29) is 5.54 Å². The summed E-state index contributed by atoms with van der Waals surface area (Å²) in [5, 5.41) is 2.73. The van der Waals surface area contributed by atoms with E-state index in [2.05, 4.69) is 94.3 Å². The highest BCUT2D eigenvalue weighted by molar-refractivity contribution is 5.85. The first-order valence-electron chi connectivity index (χ1n) is 10.9. The number of nitrogens with zero attached hydrogens (tertiary/aromatic N) is 1. The van der Waals surface area contributed by atoms with Crippen LogP contribution in [0.2, 0.25) is 0 Å². The zero-order chi connectivity index (χ0) is 20.1. The number of allylic oxidation sites excluding steroid dienone is 4. The molecule has 1 aliphatic rings. The SMILES string of the molecule is CC(C)=CCC[C@@](C)([C@H]1CC=C(C)CC1)N(C)Cc1cccc2ccccc12. The molecule has 0 fully saturated rings. The minimum atomic E-state index is 0.208. The Balaban J connectivity index is 1.86. The first kappa shape index (κ1) is 20.9. The fourth-order valence-corrected chi connectivity index (χ4v) is 4.76. The molecule has 0 unspecified atom stereocenters. The molecular formula is C27H37N. The summed E-state index contributed by atoms with van der Waals surface area (Å²) >= 11 is 0. The van der Waals surface area contributed by atoms with Crippen LogP contribution in [0.3, 0.4) is 0 Å². The van der Waals surface area contributed by atoms with Crippen molar-refractivity contribution in [3.05, 3.63) is 71.3 Å². The van der Waals surface area contributed by atoms with Crippen LogP contribution in [0, 0.1) is 5.92 Å². The predicted octanol–water partition coefficient (Wildman–Crippen LogP) is 7.52. The summed E-state index contributed by atoms with van der Waals surface area (Å²) in [4.78, 5) is 2.65. The molecule has 0 amide bonds. The average Bonchev–Trinajstić information content (AvgIpc) is 2.68. The molecule has 3 rings (SSSR count). The summed E-state index contributed by atoms with van der Waals surface area (Å²) in [5.41, 5.74) is 4.65. The van der Waals surface area contributed by atoms with Crippen LogP contribution in [-0.4, -0.2) is 17.5 Å². The highest BCUT2D eigenvalue weighted by atomic mass is 15.2. The molecule has 0 aromatic heterocycles. The third-order valence-corrected chi connectivity index (χ3v) is 6.88. The second-order valence-electron chi connectivity index (χ2n) is 9.19. The lowest BCUT2D eigenvalue weighted by molar-refractivity contribution is 0.0504. The van der Waals surface area contributed by atoms with Crippen molar-refractivity contribution in [1.82, 2.24) is 4.90 Å². The Morgan fingerprint density at radius 1 is 1.14 bits per heavy atom. The zero-order valence-corrected chi connectivity index (χ0v) is 18.5. The van der Waals surface area contributed by atoms with Gasteiger partial charge in [0.15, 0.2) is 0 Å². The first-order chi connectivity index (χ1) is 13.4. The second kappa shape index (κ2) is 9.09. The molecule has 0 radical (unpaired) electrons. The Labute approximate surface area is 172 Å². The molecule has 1 nitrogen and oxygen atoms in total. The monoisotopic (exact) mass is 375 g/mol. The van der Waals surface area contributed by atoms with E-state index in [1.165, 1.54) is 47.6 Å². The van der Waals surface area contributed by atoms with Gasteiger partial charge in [-0.1, -0.05) is 65.8 Å². The summed E-state index contributed by atoms with van der Waals surface area (Å²) in [5.74, 6) is 0.724. The number of hydrogen-bond donors (Lipinski definition) is 0. The average molecular weight is 376 g/mol. The first-order valence-corrected chi connectivity index (χ1v) is 10.9. The van der Waals surface area contributed by atoms with Gasteiger partial charge in [-0.05, 0) is 89.1 Å². The predicted molar refractivity (Wildman–Crippen MR) is 124 cm³/mol. The summed E-state index contributed by atoms with van der Waals surface area (Å²) in [6.45, 7) is 10.2. The molecule has 2 atom stereocenters. The van der Waals surface area contributed by atoms with E-state index in [0.29, 0.717) is 0 Å². The highest BCUT2D eigenvalue weighted by Crippen LogP contribution is 2.39. The fourth-order valence-electron chi connectivity index (χ4n) is 4.76. The molecule has 0 heterocycles. The highest BCUT2D eigenvalue weighted by Gasteiger charge is 2.37. The molecule has 2 aromatic rings. The molecule has 28 heavy (non-hydrogen) atoms. The van der Waals surface area contributed by atoms with E-state index < -0.39 is 0 Å². The van der Waals surface area contributed by atoms with Gasteiger partial charge in [-0.15, -0.1) is 0 Å². The lowest BCUT2D eigenvalue weighted by atomic mass is 9.73. The third kappa shape index (κ3) is 4.75. The maximum absolute atomic E-state index is 2.65. The van der Waals surface area contributed by atoms with E-state index in [1.54, 1.807) is 5.57 Å². The maximum atomic E-state index is 2.65. The molecule has 0 N–H and O–H groups in total. The van der Waals surface area contributed by atoms with Gasteiger partial charge in [-0.25, -0.2) is 0 Å². The van der Waals surface area contributed by atoms with Crippen molar-refractivity contribution in [1.29, 1.82) is 0 Å². The van der Waals surface area contributed by atoms with Crippen molar-refractivity contribution in [2.24, 2.45) is 5.92 Å². The summed E-state index contributed by atoms with van der Waals surface area (Å²) in [7, 11) is 2.34. The summed E-state index contributed by atoms with van der Waals surface area (Å²) in [6.07, 6.45) is 11.1. The Bertz CT molecular complexity index is 850. The van der Waals surface area contributed by atoms with Crippen LogP contribution in [0.15, 0.2) is 65.8 Å². The van der Waals surface area contributed by atoms with Gasteiger partial charge in [0.1, 0.15) is 0 Å². The molecule has 1 heteroatoms. The van der Waals surface area contributed by atoms with Crippen molar-refractivity contribution in [3.63, 3.8) is 0 Å². The maximum Gasteiger partial charge on any atom is 0.0242 e. The molecule has 1 aliphatic carbocycles. The van der Waals surface area contributed by atoms with Gasteiger partial charge < -0.3 is 0 Å². The minimum absolute atomic E-state index is 0.208. The second-order valence-corrected chi connectivity index (χ2v) is 9.19. The van der Waals surface area contributed by atoms with Gasteiger partial charge in [-0.2, -0.15) is 0 Å². The van der Waals surface area contributed by atoms with E-state index in [9.17, 15) is 0 Å². The van der Waals surface area contributed by atoms with Crippen LogP contribution in [0.1, 0.15) is 65.4 Å². The van der Waals surface area contributed by atoms with E-state index in [4.69, 9.17) is 0 Å². The number of fused-ring (bicyclic) bond motifs is 1.